The van der Waals surface area contributed by atoms with E-state index in [1.807, 2.05) is 6.92 Å². The lowest BCUT2D eigenvalue weighted by Gasteiger charge is -2.27. The summed E-state index contributed by atoms with van der Waals surface area (Å²) in [5, 5.41) is 3.39. The molecule has 3 saturated heterocycles. The van der Waals surface area contributed by atoms with Gasteiger partial charge in [-0.2, -0.15) is 0 Å². The van der Waals surface area contributed by atoms with E-state index in [9.17, 15) is 4.79 Å². The van der Waals surface area contributed by atoms with Crippen molar-refractivity contribution in [1.29, 1.82) is 0 Å². The van der Waals surface area contributed by atoms with Crippen LogP contribution in [0.2, 0.25) is 0 Å². The summed E-state index contributed by atoms with van der Waals surface area (Å²) in [6.45, 7) is 5.80. The Bertz CT molecular complexity index is 295. The van der Waals surface area contributed by atoms with Gasteiger partial charge in [0.15, 0.2) is 0 Å². The van der Waals surface area contributed by atoms with Crippen molar-refractivity contribution in [3.63, 3.8) is 0 Å². The first kappa shape index (κ1) is 10.5. The first-order valence-electron chi connectivity index (χ1n) is 6.40. The van der Waals surface area contributed by atoms with Gasteiger partial charge in [-0.25, -0.2) is 0 Å². The molecule has 3 fully saturated rings. The van der Waals surface area contributed by atoms with Crippen LogP contribution in [0.3, 0.4) is 0 Å². The monoisotopic (exact) mass is 224 g/mol. The molecule has 1 amide bonds. The number of carbonyl (C=O) groups is 1. The van der Waals surface area contributed by atoms with Crippen molar-refractivity contribution in [3.8, 4) is 0 Å². The van der Waals surface area contributed by atoms with Crippen molar-refractivity contribution < 1.29 is 9.53 Å². The van der Waals surface area contributed by atoms with Gasteiger partial charge in [0, 0.05) is 32.3 Å². The average Bonchev–Trinajstić information content (AvgIpc) is 2.90. The van der Waals surface area contributed by atoms with E-state index in [2.05, 4.69) is 10.2 Å². The fourth-order valence-electron chi connectivity index (χ4n) is 3.39. The Labute approximate surface area is 96.3 Å². The van der Waals surface area contributed by atoms with Gasteiger partial charge in [-0.3, -0.25) is 4.79 Å². The van der Waals surface area contributed by atoms with E-state index in [0.29, 0.717) is 17.9 Å². The van der Waals surface area contributed by atoms with Gasteiger partial charge in [-0.05, 0) is 25.7 Å². The summed E-state index contributed by atoms with van der Waals surface area (Å²) >= 11 is 0. The summed E-state index contributed by atoms with van der Waals surface area (Å²) in [7, 11) is 0. The molecule has 0 radical (unpaired) electrons. The first-order valence-corrected chi connectivity index (χ1v) is 6.40. The summed E-state index contributed by atoms with van der Waals surface area (Å²) < 4.78 is 5.49. The smallest absolute Gasteiger partial charge is 0.228 e. The first-order chi connectivity index (χ1) is 7.77. The van der Waals surface area contributed by atoms with Gasteiger partial charge in [0.1, 0.15) is 0 Å². The number of nitrogens with zero attached hydrogens (tertiary/aromatic N) is 1. The zero-order chi connectivity index (χ0) is 11.1. The van der Waals surface area contributed by atoms with E-state index in [1.165, 1.54) is 6.42 Å². The zero-order valence-electron chi connectivity index (χ0n) is 9.82. The Morgan fingerprint density at radius 3 is 3.00 bits per heavy atom. The van der Waals surface area contributed by atoms with Crippen LogP contribution >= 0.6 is 0 Å². The number of fused-ring (bicyclic) bond motifs is 1. The minimum absolute atomic E-state index is 0.111. The molecule has 16 heavy (non-hydrogen) atoms. The van der Waals surface area contributed by atoms with Gasteiger partial charge in [-0.15, -0.1) is 0 Å². The van der Waals surface area contributed by atoms with E-state index in [1.54, 1.807) is 0 Å². The van der Waals surface area contributed by atoms with E-state index >= 15 is 0 Å². The number of likely N-dealkylation sites (tertiary alicyclic amines) is 1. The molecule has 0 aromatic carbocycles. The van der Waals surface area contributed by atoms with Gasteiger partial charge in [0.05, 0.1) is 12.0 Å². The Morgan fingerprint density at radius 1 is 1.38 bits per heavy atom. The molecule has 3 aliphatic heterocycles. The number of hydrogen-bond acceptors (Lipinski definition) is 3. The number of nitrogens with one attached hydrogen (secondary N) is 1. The molecular formula is C12H20N2O2. The van der Waals surface area contributed by atoms with Crippen molar-refractivity contribution in [2.75, 3.05) is 26.2 Å². The molecule has 0 saturated carbocycles. The molecule has 0 aliphatic carbocycles. The molecule has 0 bridgehead atoms. The Kier molecular flexibility index (Phi) is 2.64. The van der Waals surface area contributed by atoms with Crippen LogP contribution in [0.15, 0.2) is 0 Å². The van der Waals surface area contributed by atoms with Crippen molar-refractivity contribution >= 4 is 5.91 Å². The van der Waals surface area contributed by atoms with Gasteiger partial charge in [0.2, 0.25) is 5.91 Å². The highest BCUT2D eigenvalue weighted by molar-refractivity contribution is 5.80. The molecule has 3 rings (SSSR count). The maximum Gasteiger partial charge on any atom is 0.228 e. The highest BCUT2D eigenvalue weighted by Gasteiger charge is 2.43. The van der Waals surface area contributed by atoms with Crippen LogP contribution in [0.1, 0.15) is 19.8 Å². The lowest BCUT2D eigenvalue weighted by Crippen LogP contribution is -2.43. The summed E-state index contributed by atoms with van der Waals surface area (Å²) in [5.41, 5.74) is 0. The van der Waals surface area contributed by atoms with E-state index < -0.39 is 0 Å². The third-order valence-corrected chi connectivity index (χ3v) is 4.42. The standard InChI is InChI=1S/C12H20N2O2/c1-8-10(3-5-16-8)12(15)14-4-2-9-6-13-7-11(9)14/h8-11,13H,2-7H2,1H3/t8?,9-,10?,11+/m0/s1. The number of rotatable bonds is 1. The zero-order valence-corrected chi connectivity index (χ0v) is 9.82. The fraction of sp³-hybridized carbons (Fsp3) is 0.917. The average molecular weight is 224 g/mol. The summed E-state index contributed by atoms with van der Waals surface area (Å²) in [5.74, 6) is 1.14. The van der Waals surface area contributed by atoms with Gasteiger partial charge >= 0.3 is 0 Å². The van der Waals surface area contributed by atoms with E-state index in [4.69, 9.17) is 4.74 Å². The number of ether oxygens (including phenoxy) is 1. The molecule has 4 heteroatoms. The fourth-order valence-corrected chi connectivity index (χ4v) is 3.39. The Morgan fingerprint density at radius 2 is 2.25 bits per heavy atom. The molecule has 0 aromatic rings. The maximum absolute atomic E-state index is 12.4. The third kappa shape index (κ3) is 1.55. The Hall–Kier alpha value is -0.610. The normalized spacial score (nSPS) is 42.7. The lowest BCUT2D eigenvalue weighted by atomic mass is 9.99. The van der Waals surface area contributed by atoms with E-state index in [-0.39, 0.29) is 12.0 Å². The van der Waals surface area contributed by atoms with Crippen LogP contribution in [0.5, 0.6) is 0 Å². The van der Waals surface area contributed by atoms with Crippen LogP contribution < -0.4 is 5.32 Å². The predicted molar refractivity (Wildman–Crippen MR) is 60.0 cm³/mol. The second-order valence-electron chi connectivity index (χ2n) is 5.28. The second-order valence-corrected chi connectivity index (χ2v) is 5.28. The Balaban J connectivity index is 1.70. The topological polar surface area (TPSA) is 41.6 Å². The number of carbonyl (C=O) groups excluding carboxylic acids is 1. The van der Waals surface area contributed by atoms with Crippen molar-refractivity contribution in [3.05, 3.63) is 0 Å². The predicted octanol–water partition coefficient (Wildman–Crippen LogP) is 0.232. The van der Waals surface area contributed by atoms with Crippen LogP contribution in [-0.4, -0.2) is 49.2 Å². The van der Waals surface area contributed by atoms with Crippen molar-refractivity contribution in [2.24, 2.45) is 11.8 Å². The van der Waals surface area contributed by atoms with Gasteiger partial charge in [-0.1, -0.05) is 0 Å². The molecule has 1 N–H and O–H groups in total. The quantitative estimate of drug-likeness (QED) is 0.693. The minimum Gasteiger partial charge on any atom is -0.378 e. The molecule has 4 nitrogen and oxygen atoms in total. The van der Waals surface area contributed by atoms with Crippen LogP contribution in [0.4, 0.5) is 0 Å². The van der Waals surface area contributed by atoms with Crippen LogP contribution in [-0.2, 0) is 9.53 Å². The summed E-state index contributed by atoms with van der Waals surface area (Å²) in [6.07, 6.45) is 2.19. The SMILES string of the molecule is CC1OCCC1C(=O)N1CC[C@H]2CNC[C@H]21. The largest absolute Gasteiger partial charge is 0.378 e. The van der Waals surface area contributed by atoms with Crippen LogP contribution in [0, 0.1) is 11.8 Å². The lowest BCUT2D eigenvalue weighted by molar-refractivity contribution is -0.137. The van der Waals surface area contributed by atoms with Crippen molar-refractivity contribution in [1.82, 2.24) is 10.2 Å². The number of hydrogen-bond donors (Lipinski definition) is 1. The van der Waals surface area contributed by atoms with E-state index in [0.717, 1.165) is 32.7 Å². The van der Waals surface area contributed by atoms with Gasteiger partial charge < -0.3 is 15.0 Å². The highest BCUT2D eigenvalue weighted by atomic mass is 16.5. The molecule has 2 unspecified atom stereocenters. The minimum atomic E-state index is 0.111. The highest BCUT2D eigenvalue weighted by Crippen LogP contribution is 2.31. The van der Waals surface area contributed by atoms with Crippen molar-refractivity contribution in [2.45, 2.75) is 31.9 Å². The molecule has 3 aliphatic rings. The molecule has 3 heterocycles. The van der Waals surface area contributed by atoms with Crippen LogP contribution in [0.25, 0.3) is 0 Å². The maximum atomic E-state index is 12.4. The molecular weight excluding hydrogens is 204 g/mol. The number of amides is 1. The summed E-state index contributed by atoms with van der Waals surface area (Å²) in [6, 6.07) is 0.459. The third-order valence-electron chi connectivity index (χ3n) is 4.42. The molecule has 90 valence electrons. The second kappa shape index (κ2) is 4.00. The van der Waals surface area contributed by atoms with Gasteiger partial charge in [0.25, 0.3) is 0 Å². The molecule has 4 atom stereocenters. The molecule has 0 aromatic heterocycles. The summed E-state index contributed by atoms with van der Waals surface area (Å²) in [4.78, 5) is 14.5. The molecule has 0 spiro atoms.